The van der Waals surface area contributed by atoms with E-state index in [0.29, 0.717) is 12.2 Å². The van der Waals surface area contributed by atoms with Gasteiger partial charge in [-0.1, -0.05) is 12.1 Å². The summed E-state index contributed by atoms with van der Waals surface area (Å²) in [5, 5.41) is 17.2. The summed E-state index contributed by atoms with van der Waals surface area (Å²) in [6.45, 7) is 3.04. The number of aliphatic hydroxyl groups is 1. The van der Waals surface area contributed by atoms with E-state index in [0.717, 1.165) is 58.5 Å². The summed E-state index contributed by atoms with van der Waals surface area (Å²) in [6.07, 6.45) is 5.45. The lowest BCUT2D eigenvalue weighted by molar-refractivity contribution is -0.136. The minimum Gasteiger partial charge on any atom is -0.496 e. The molecule has 198 valence electrons. The second-order valence-electron chi connectivity index (χ2n) is 7.85. The first-order valence-corrected chi connectivity index (χ1v) is 13.3. The molecule has 1 atom stereocenters. The third-order valence-corrected chi connectivity index (χ3v) is 6.22. The van der Waals surface area contributed by atoms with Crippen molar-refractivity contribution in [1.82, 2.24) is 0 Å². The maximum atomic E-state index is 10.4. The number of halogens is 2. The smallest absolute Gasteiger partial charge is 0.307 e. The van der Waals surface area contributed by atoms with Gasteiger partial charge in [-0.15, -0.1) is 0 Å². The molecule has 10 heteroatoms. The molecule has 7 nitrogen and oxygen atoms in total. The molecule has 0 saturated carbocycles. The zero-order chi connectivity index (χ0) is 26.8. The van der Waals surface area contributed by atoms with E-state index < -0.39 is 5.97 Å². The number of carboxylic acids is 1. The maximum Gasteiger partial charge on any atom is 0.307 e. The van der Waals surface area contributed by atoms with Gasteiger partial charge < -0.3 is 29.2 Å². The zero-order valence-electron chi connectivity index (χ0n) is 20.9. The molecular weight excluding hydrogens is 595 g/mol. The Hall–Kier alpha value is -1.59. The number of hydrogen-bond acceptors (Lipinski definition) is 6. The van der Waals surface area contributed by atoms with E-state index in [-0.39, 0.29) is 19.0 Å². The first-order valence-electron chi connectivity index (χ1n) is 11.7. The molecule has 0 amide bonds. The molecule has 1 unspecified atom stereocenters. The van der Waals surface area contributed by atoms with Crippen molar-refractivity contribution < 1.29 is 34.0 Å². The molecular formula is C26H35BBr2O7. The van der Waals surface area contributed by atoms with Gasteiger partial charge in [0.15, 0.2) is 0 Å². The Labute approximate surface area is 232 Å². The highest BCUT2D eigenvalue weighted by atomic mass is 79.9. The quantitative estimate of drug-likeness (QED) is 0.426. The van der Waals surface area contributed by atoms with Crippen LogP contribution in [0.1, 0.15) is 36.8 Å². The van der Waals surface area contributed by atoms with E-state index >= 15 is 0 Å². The Morgan fingerprint density at radius 3 is 1.86 bits per heavy atom. The number of aliphatic hydroxyl groups excluding tert-OH is 1. The van der Waals surface area contributed by atoms with Crippen LogP contribution in [0, 0.1) is 0 Å². The van der Waals surface area contributed by atoms with Crippen LogP contribution in [-0.4, -0.2) is 70.7 Å². The Bertz CT molecular complexity index is 881. The highest BCUT2D eigenvalue weighted by Crippen LogP contribution is 2.26. The topological polar surface area (TPSA) is 94.5 Å². The minimum atomic E-state index is -0.836. The molecule has 0 spiro atoms. The highest BCUT2D eigenvalue weighted by molar-refractivity contribution is 9.10. The summed E-state index contributed by atoms with van der Waals surface area (Å²) >= 11 is 6.65. The van der Waals surface area contributed by atoms with Crippen LogP contribution in [0.3, 0.4) is 0 Å². The van der Waals surface area contributed by atoms with E-state index in [1.54, 1.807) is 32.4 Å². The molecule has 2 aliphatic rings. The number of carboxylic acid groups (broad SMARTS) is 1. The van der Waals surface area contributed by atoms with E-state index in [9.17, 15) is 4.79 Å². The van der Waals surface area contributed by atoms with Crippen LogP contribution < -0.4 is 9.47 Å². The second-order valence-corrected chi connectivity index (χ2v) is 9.56. The number of aliphatic carboxylic acids is 1. The SMILES string of the molecule is C1CCOC1.COc1ccc(CC(=O)O)cc1Br.COc1ccc(CCO)cc1Br.[B]C1CCCO1. The average Bonchev–Trinajstić information content (AvgIpc) is 3.57. The summed E-state index contributed by atoms with van der Waals surface area (Å²) in [7, 11) is 8.51. The summed E-state index contributed by atoms with van der Waals surface area (Å²) < 4.78 is 21.7. The first-order chi connectivity index (χ1) is 17.3. The Balaban J connectivity index is 0.000000257. The molecule has 36 heavy (non-hydrogen) atoms. The fourth-order valence-corrected chi connectivity index (χ4v) is 4.28. The maximum absolute atomic E-state index is 10.4. The molecule has 2 aliphatic heterocycles. The molecule has 2 N–H and O–H groups in total. The van der Waals surface area contributed by atoms with E-state index in [4.69, 9.17) is 37.0 Å². The average molecular weight is 630 g/mol. The summed E-state index contributed by atoms with van der Waals surface area (Å²) in [6, 6.07) is 11.0. The van der Waals surface area contributed by atoms with Crippen molar-refractivity contribution in [2.45, 2.75) is 44.5 Å². The van der Waals surface area contributed by atoms with Gasteiger partial charge >= 0.3 is 5.97 Å². The number of ether oxygens (including phenoxy) is 4. The van der Waals surface area contributed by atoms with Gasteiger partial charge in [-0.05, 0) is 99.4 Å². The monoisotopic (exact) mass is 628 g/mol. The van der Waals surface area contributed by atoms with Gasteiger partial charge in [-0.2, -0.15) is 0 Å². The molecule has 4 rings (SSSR count). The zero-order valence-corrected chi connectivity index (χ0v) is 24.1. The predicted molar refractivity (Wildman–Crippen MR) is 148 cm³/mol. The van der Waals surface area contributed by atoms with Crippen molar-refractivity contribution in [2.24, 2.45) is 0 Å². The lowest BCUT2D eigenvalue weighted by Crippen LogP contribution is -2.01. The van der Waals surface area contributed by atoms with Crippen molar-refractivity contribution in [3.8, 4) is 11.5 Å². The van der Waals surface area contributed by atoms with Crippen LogP contribution in [0.4, 0.5) is 0 Å². The molecule has 0 bridgehead atoms. The van der Waals surface area contributed by atoms with Gasteiger partial charge in [0.1, 0.15) is 19.3 Å². The van der Waals surface area contributed by atoms with Crippen molar-refractivity contribution >= 4 is 45.7 Å². The highest BCUT2D eigenvalue weighted by Gasteiger charge is 2.07. The van der Waals surface area contributed by atoms with Crippen LogP contribution >= 0.6 is 31.9 Å². The van der Waals surface area contributed by atoms with Crippen LogP contribution in [0.5, 0.6) is 11.5 Å². The summed E-state index contributed by atoms with van der Waals surface area (Å²) in [5.41, 5.74) is 1.85. The van der Waals surface area contributed by atoms with Gasteiger partial charge in [0.2, 0.25) is 0 Å². The molecule has 2 saturated heterocycles. The normalized spacial score (nSPS) is 15.9. The van der Waals surface area contributed by atoms with Gasteiger partial charge in [-0.25, -0.2) is 0 Å². The fraction of sp³-hybridized carbons (Fsp3) is 0.500. The second kappa shape index (κ2) is 19.5. The molecule has 2 heterocycles. The molecule has 0 aromatic heterocycles. The van der Waals surface area contributed by atoms with E-state index in [1.807, 2.05) is 18.2 Å². The molecule has 2 aromatic carbocycles. The van der Waals surface area contributed by atoms with Gasteiger partial charge in [0.25, 0.3) is 0 Å². The van der Waals surface area contributed by atoms with Gasteiger partial charge in [0, 0.05) is 32.4 Å². The molecule has 2 radical (unpaired) electrons. The lowest BCUT2D eigenvalue weighted by Gasteiger charge is -2.04. The number of rotatable bonds is 6. The van der Waals surface area contributed by atoms with Gasteiger partial charge in [-0.3, -0.25) is 4.79 Å². The number of methoxy groups -OCH3 is 2. The van der Waals surface area contributed by atoms with Crippen molar-refractivity contribution in [1.29, 1.82) is 0 Å². The third kappa shape index (κ3) is 14.2. The minimum absolute atomic E-state index is 0.0304. The van der Waals surface area contributed by atoms with Crippen LogP contribution in [0.15, 0.2) is 45.3 Å². The Morgan fingerprint density at radius 2 is 1.53 bits per heavy atom. The van der Waals surface area contributed by atoms with Gasteiger partial charge in [0.05, 0.1) is 29.6 Å². The largest absolute Gasteiger partial charge is 0.496 e. The number of carbonyl (C=O) groups is 1. The summed E-state index contributed by atoms with van der Waals surface area (Å²) in [5.74, 6) is 0.683. The van der Waals surface area contributed by atoms with Crippen molar-refractivity contribution in [2.75, 3.05) is 40.6 Å². The van der Waals surface area contributed by atoms with Crippen LogP contribution in [0.2, 0.25) is 0 Å². The number of hydrogen-bond donors (Lipinski definition) is 2. The molecule has 2 fully saturated rings. The Morgan fingerprint density at radius 1 is 0.972 bits per heavy atom. The van der Waals surface area contributed by atoms with E-state index in [1.165, 1.54) is 12.8 Å². The standard InChI is InChI=1S/C9H9BrO3.C9H11BrO2.C4H7BO.C4H8O/c1-13-8-3-2-6(4-7(8)10)5-9(11)12;1-12-9-3-2-7(4-5-11)6-8(9)10;5-4-2-1-3-6-4;1-2-4-5-3-1/h2-4H,5H2,1H3,(H,11,12);2-3,6,11H,4-5H2,1H3;4H,1-3H2;1-4H2. The third-order valence-electron chi connectivity index (χ3n) is 4.98. The Kier molecular flexibility index (Phi) is 17.6. The fourth-order valence-electron chi connectivity index (χ4n) is 3.10. The van der Waals surface area contributed by atoms with Crippen molar-refractivity contribution in [3.05, 3.63) is 56.5 Å². The van der Waals surface area contributed by atoms with E-state index in [2.05, 4.69) is 31.9 Å². The van der Waals surface area contributed by atoms with Crippen LogP contribution in [-0.2, 0) is 27.1 Å². The summed E-state index contributed by atoms with van der Waals surface area (Å²) in [4.78, 5) is 10.4. The lowest BCUT2D eigenvalue weighted by atomic mass is 9.98. The van der Waals surface area contributed by atoms with Crippen molar-refractivity contribution in [3.63, 3.8) is 0 Å². The molecule has 2 aromatic rings. The van der Waals surface area contributed by atoms with Crippen LogP contribution in [0.25, 0.3) is 0 Å². The predicted octanol–water partition coefficient (Wildman–Crippen LogP) is 5.17. The molecule has 0 aliphatic carbocycles. The first kappa shape index (κ1) is 32.4. The number of benzene rings is 2.